The molecule has 32 heavy (non-hydrogen) atoms. The van der Waals surface area contributed by atoms with Crippen LogP contribution in [-0.2, 0) is 24.3 Å². The molecule has 1 unspecified atom stereocenters. The SMILES string of the molecule is N#Cc1ccccc1COc1ccc2c(c1)CCn1c-2cc(OCC2CCCO2)nc1=O. The number of aryl methyl sites for hydroxylation is 1. The van der Waals surface area contributed by atoms with Crippen molar-refractivity contribution in [1.82, 2.24) is 9.55 Å². The lowest BCUT2D eigenvalue weighted by Gasteiger charge is -2.22. The van der Waals surface area contributed by atoms with E-state index in [0.717, 1.165) is 47.6 Å². The van der Waals surface area contributed by atoms with Crippen LogP contribution in [0.2, 0.25) is 0 Å². The van der Waals surface area contributed by atoms with E-state index in [1.807, 2.05) is 42.5 Å². The highest BCUT2D eigenvalue weighted by molar-refractivity contribution is 5.67. The molecule has 0 aliphatic carbocycles. The zero-order chi connectivity index (χ0) is 21.9. The molecule has 3 heterocycles. The fourth-order valence-electron chi connectivity index (χ4n) is 4.22. The van der Waals surface area contributed by atoms with E-state index in [-0.39, 0.29) is 11.8 Å². The van der Waals surface area contributed by atoms with Crippen LogP contribution < -0.4 is 15.2 Å². The average Bonchev–Trinajstić information content (AvgIpc) is 3.35. The maximum atomic E-state index is 12.6. The van der Waals surface area contributed by atoms with Crippen molar-refractivity contribution < 1.29 is 14.2 Å². The predicted molar refractivity (Wildman–Crippen MR) is 118 cm³/mol. The summed E-state index contributed by atoms with van der Waals surface area (Å²) in [6.07, 6.45) is 2.78. The predicted octanol–water partition coefficient (Wildman–Crippen LogP) is 3.47. The Labute approximate surface area is 185 Å². The summed E-state index contributed by atoms with van der Waals surface area (Å²) in [7, 11) is 0. The number of rotatable bonds is 6. The second-order valence-electron chi connectivity index (χ2n) is 7.99. The second-order valence-corrected chi connectivity index (χ2v) is 7.99. The molecule has 2 aliphatic heterocycles. The minimum absolute atomic E-state index is 0.0637. The third-order valence-corrected chi connectivity index (χ3v) is 5.92. The van der Waals surface area contributed by atoms with Crippen LogP contribution in [0.3, 0.4) is 0 Å². The molecule has 1 aromatic heterocycles. The minimum atomic E-state index is -0.302. The third-order valence-electron chi connectivity index (χ3n) is 5.92. The fourth-order valence-corrected chi connectivity index (χ4v) is 4.22. The molecule has 5 rings (SSSR count). The molecule has 0 bridgehead atoms. The summed E-state index contributed by atoms with van der Waals surface area (Å²) >= 11 is 0. The lowest BCUT2D eigenvalue weighted by atomic mass is 9.97. The Morgan fingerprint density at radius 3 is 2.94 bits per heavy atom. The topological polar surface area (TPSA) is 86.4 Å². The number of nitrogens with zero attached hydrogens (tertiary/aromatic N) is 3. The van der Waals surface area contributed by atoms with Gasteiger partial charge in [-0.2, -0.15) is 10.2 Å². The summed E-state index contributed by atoms with van der Waals surface area (Å²) in [4.78, 5) is 16.7. The highest BCUT2D eigenvalue weighted by Gasteiger charge is 2.21. The van der Waals surface area contributed by atoms with Crippen LogP contribution in [0.25, 0.3) is 11.3 Å². The van der Waals surface area contributed by atoms with Crippen molar-refractivity contribution in [2.45, 2.75) is 38.5 Å². The summed E-state index contributed by atoms with van der Waals surface area (Å²) in [5.74, 6) is 1.06. The van der Waals surface area contributed by atoms with Gasteiger partial charge in [0.05, 0.1) is 23.4 Å². The van der Waals surface area contributed by atoms with Gasteiger partial charge in [0, 0.05) is 30.3 Å². The number of fused-ring (bicyclic) bond motifs is 3. The Hall–Kier alpha value is -3.63. The van der Waals surface area contributed by atoms with Gasteiger partial charge in [-0.3, -0.25) is 4.57 Å². The summed E-state index contributed by atoms with van der Waals surface area (Å²) in [6.45, 7) is 2.04. The Kier molecular flexibility index (Phi) is 5.61. The summed E-state index contributed by atoms with van der Waals surface area (Å²) in [5.41, 5.74) is 4.04. The molecule has 3 aromatic rings. The molecule has 0 radical (unpaired) electrons. The van der Waals surface area contributed by atoms with Crippen LogP contribution in [0.5, 0.6) is 11.6 Å². The van der Waals surface area contributed by atoms with Crippen LogP contribution in [0.1, 0.15) is 29.5 Å². The van der Waals surface area contributed by atoms with Gasteiger partial charge in [0.1, 0.15) is 19.0 Å². The molecule has 162 valence electrons. The zero-order valence-corrected chi connectivity index (χ0v) is 17.6. The molecule has 1 fully saturated rings. The van der Waals surface area contributed by atoms with E-state index in [4.69, 9.17) is 14.2 Å². The molecule has 0 saturated carbocycles. The van der Waals surface area contributed by atoms with E-state index >= 15 is 0 Å². The van der Waals surface area contributed by atoms with Gasteiger partial charge < -0.3 is 14.2 Å². The van der Waals surface area contributed by atoms with Crippen LogP contribution in [-0.4, -0.2) is 28.9 Å². The first-order valence-electron chi connectivity index (χ1n) is 10.8. The van der Waals surface area contributed by atoms with Crippen molar-refractivity contribution in [3.63, 3.8) is 0 Å². The smallest absolute Gasteiger partial charge is 0.351 e. The molecular formula is C25H23N3O4. The fraction of sp³-hybridized carbons (Fsp3) is 0.320. The summed E-state index contributed by atoms with van der Waals surface area (Å²) in [5, 5.41) is 9.26. The molecule has 2 aliphatic rings. The molecule has 7 nitrogen and oxygen atoms in total. The maximum absolute atomic E-state index is 12.6. The van der Waals surface area contributed by atoms with E-state index in [1.54, 1.807) is 10.6 Å². The maximum Gasteiger partial charge on any atom is 0.351 e. The highest BCUT2D eigenvalue weighted by atomic mass is 16.5. The van der Waals surface area contributed by atoms with Gasteiger partial charge >= 0.3 is 5.69 Å². The van der Waals surface area contributed by atoms with Crippen molar-refractivity contribution in [2.75, 3.05) is 13.2 Å². The van der Waals surface area contributed by atoms with Crippen molar-refractivity contribution in [3.8, 4) is 29.0 Å². The summed E-state index contributed by atoms with van der Waals surface area (Å²) < 4.78 is 19.0. The highest BCUT2D eigenvalue weighted by Crippen LogP contribution is 2.32. The number of hydrogen-bond donors (Lipinski definition) is 0. The molecule has 2 aromatic carbocycles. The molecule has 0 spiro atoms. The lowest BCUT2D eigenvalue weighted by Crippen LogP contribution is -2.29. The lowest BCUT2D eigenvalue weighted by molar-refractivity contribution is 0.0661. The number of nitriles is 1. The van der Waals surface area contributed by atoms with Gasteiger partial charge in [-0.05, 0) is 49.1 Å². The van der Waals surface area contributed by atoms with Gasteiger partial charge in [-0.1, -0.05) is 18.2 Å². The van der Waals surface area contributed by atoms with Crippen LogP contribution >= 0.6 is 0 Å². The Morgan fingerprint density at radius 2 is 2.09 bits per heavy atom. The van der Waals surface area contributed by atoms with Crippen LogP contribution in [0, 0.1) is 11.3 Å². The average molecular weight is 429 g/mol. The van der Waals surface area contributed by atoms with Crippen molar-refractivity contribution in [2.24, 2.45) is 0 Å². The van der Waals surface area contributed by atoms with Crippen molar-refractivity contribution in [3.05, 3.63) is 75.7 Å². The second kappa shape index (κ2) is 8.85. The zero-order valence-electron chi connectivity index (χ0n) is 17.6. The van der Waals surface area contributed by atoms with Crippen molar-refractivity contribution in [1.29, 1.82) is 5.26 Å². The number of benzene rings is 2. The molecule has 0 N–H and O–H groups in total. The normalized spacial score (nSPS) is 16.7. The Morgan fingerprint density at radius 1 is 1.19 bits per heavy atom. The largest absolute Gasteiger partial charge is 0.489 e. The molecule has 0 amide bonds. The first-order chi connectivity index (χ1) is 15.7. The Bertz CT molecular complexity index is 1240. The monoisotopic (exact) mass is 429 g/mol. The molecule has 7 heteroatoms. The number of hydrogen-bond acceptors (Lipinski definition) is 6. The summed E-state index contributed by atoms with van der Waals surface area (Å²) in [6, 6.07) is 17.3. The quantitative estimate of drug-likeness (QED) is 0.596. The van der Waals surface area contributed by atoms with Crippen LogP contribution in [0.15, 0.2) is 53.3 Å². The van der Waals surface area contributed by atoms with E-state index in [9.17, 15) is 10.1 Å². The van der Waals surface area contributed by atoms with E-state index in [0.29, 0.717) is 37.6 Å². The van der Waals surface area contributed by atoms with E-state index in [1.165, 1.54) is 0 Å². The standard InChI is InChI=1S/C25H23N3O4/c26-14-18-4-1-2-5-19(18)15-31-20-7-8-22-17(12-20)9-10-28-23(22)13-24(27-25(28)29)32-16-21-6-3-11-30-21/h1-2,4-5,7-8,12-13,21H,3,6,9-11,15-16H2. The van der Waals surface area contributed by atoms with Gasteiger partial charge in [0.25, 0.3) is 0 Å². The first-order valence-corrected chi connectivity index (χ1v) is 10.8. The van der Waals surface area contributed by atoms with Gasteiger partial charge in [0.15, 0.2) is 0 Å². The molecule has 1 atom stereocenters. The third kappa shape index (κ3) is 4.10. The minimum Gasteiger partial charge on any atom is -0.489 e. The molecular weight excluding hydrogens is 406 g/mol. The number of ether oxygens (including phenoxy) is 3. The molecule has 1 saturated heterocycles. The Balaban J connectivity index is 1.36. The van der Waals surface area contributed by atoms with E-state index < -0.39 is 0 Å². The van der Waals surface area contributed by atoms with Crippen LogP contribution in [0.4, 0.5) is 0 Å². The number of aromatic nitrogens is 2. The van der Waals surface area contributed by atoms with Gasteiger partial charge in [0.2, 0.25) is 5.88 Å². The van der Waals surface area contributed by atoms with Gasteiger partial charge in [-0.15, -0.1) is 0 Å². The van der Waals surface area contributed by atoms with Gasteiger partial charge in [-0.25, -0.2) is 4.79 Å². The first kappa shape index (κ1) is 20.3. The van der Waals surface area contributed by atoms with E-state index in [2.05, 4.69) is 11.1 Å². The van der Waals surface area contributed by atoms with Crippen molar-refractivity contribution >= 4 is 0 Å².